The Bertz CT molecular complexity index is 658. The molecule has 3 rings (SSSR count). The molecule has 0 amide bonds. The summed E-state index contributed by atoms with van der Waals surface area (Å²) in [5.41, 5.74) is 0.240. The molecule has 1 unspecified atom stereocenters. The molecule has 19 heavy (non-hydrogen) atoms. The van der Waals surface area contributed by atoms with Gasteiger partial charge in [0.05, 0.1) is 16.8 Å². The zero-order chi connectivity index (χ0) is 13.4. The highest BCUT2D eigenvalue weighted by molar-refractivity contribution is 6.34. The standard InChI is InChI=1S/C12H12Cl2N4O/c13-7-3-4-8(14)10(6-7)18-11(16-17-12(18)19)9-2-1-5-15-9/h3-4,6,9,15H,1-2,5H2,(H,17,19). The fraction of sp³-hybridized carbons (Fsp3) is 0.333. The van der Waals surface area contributed by atoms with E-state index in [1.54, 1.807) is 18.2 Å². The fourth-order valence-electron chi connectivity index (χ4n) is 2.34. The van der Waals surface area contributed by atoms with Crippen molar-refractivity contribution in [3.63, 3.8) is 0 Å². The van der Waals surface area contributed by atoms with Crippen molar-refractivity contribution in [3.05, 3.63) is 44.6 Å². The van der Waals surface area contributed by atoms with Crippen molar-refractivity contribution in [3.8, 4) is 5.69 Å². The molecule has 1 aromatic carbocycles. The molecule has 0 radical (unpaired) electrons. The summed E-state index contributed by atoms with van der Waals surface area (Å²) < 4.78 is 1.48. The molecule has 1 aliphatic heterocycles. The van der Waals surface area contributed by atoms with Crippen LogP contribution in [0, 0.1) is 0 Å². The molecule has 0 saturated carbocycles. The van der Waals surface area contributed by atoms with E-state index in [4.69, 9.17) is 23.2 Å². The number of aromatic nitrogens is 3. The zero-order valence-corrected chi connectivity index (χ0v) is 11.5. The monoisotopic (exact) mass is 298 g/mol. The maximum atomic E-state index is 12.0. The number of hydrogen-bond donors (Lipinski definition) is 2. The van der Waals surface area contributed by atoms with E-state index in [1.807, 2.05) is 0 Å². The summed E-state index contributed by atoms with van der Waals surface area (Å²) in [4.78, 5) is 12.0. The molecule has 0 spiro atoms. The first-order valence-electron chi connectivity index (χ1n) is 6.03. The number of aromatic amines is 1. The molecular weight excluding hydrogens is 287 g/mol. The number of nitrogens with one attached hydrogen (secondary N) is 2. The summed E-state index contributed by atoms with van der Waals surface area (Å²) in [6.45, 7) is 0.926. The molecule has 5 nitrogen and oxygen atoms in total. The quantitative estimate of drug-likeness (QED) is 0.894. The van der Waals surface area contributed by atoms with E-state index in [2.05, 4.69) is 15.5 Å². The van der Waals surface area contributed by atoms with Crippen LogP contribution in [0.2, 0.25) is 10.0 Å². The van der Waals surface area contributed by atoms with Gasteiger partial charge in [-0.2, -0.15) is 5.10 Å². The average Bonchev–Trinajstić information content (AvgIpc) is 3.01. The van der Waals surface area contributed by atoms with E-state index >= 15 is 0 Å². The third-order valence-electron chi connectivity index (χ3n) is 3.22. The Balaban J connectivity index is 2.16. The molecule has 0 bridgehead atoms. The van der Waals surface area contributed by atoms with Crippen LogP contribution in [0.4, 0.5) is 0 Å². The highest BCUT2D eigenvalue weighted by Gasteiger charge is 2.24. The van der Waals surface area contributed by atoms with Crippen molar-refractivity contribution in [2.75, 3.05) is 6.54 Å². The van der Waals surface area contributed by atoms with Gasteiger partial charge in [-0.3, -0.25) is 0 Å². The Hall–Kier alpha value is -1.30. The largest absolute Gasteiger partial charge is 0.348 e. The van der Waals surface area contributed by atoms with Crippen molar-refractivity contribution in [1.29, 1.82) is 0 Å². The summed E-state index contributed by atoms with van der Waals surface area (Å²) in [6.07, 6.45) is 2.01. The van der Waals surface area contributed by atoms with Crippen LogP contribution < -0.4 is 11.0 Å². The molecule has 2 aromatic rings. The van der Waals surface area contributed by atoms with Crippen molar-refractivity contribution >= 4 is 23.2 Å². The van der Waals surface area contributed by atoms with Crippen molar-refractivity contribution in [1.82, 2.24) is 20.1 Å². The first-order chi connectivity index (χ1) is 9.16. The van der Waals surface area contributed by atoms with E-state index in [9.17, 15) is 4.79 Å². The van der Waals surface area contributed by atoms with Gasteiger partial charge in [0.2, 0.25) is 0 Å². The molecule has 1 aromatic heterocycles. The van der Waals surface area contributed by atoms with Crippen LogP contribution in [0.15, 0.2) is 23.0 Å². The van der Waals surface area contributed by atoms with Crippen LogP contribution >= 0.6 is 23.2 Å². The summed E-state index contributed by atoms with van der Waals surface area (Å²) in [6, 6.07) is 5.09. The predicted molar refractivity (Wildman–Crippen MR) is 74.2 cm³/mol. The molecular formula is C12H12Cl2N4O. The van der Waals surface area contributed by atoms with Crippen LogP contribution in [0.3, 0.4) is 0 Å². The van der Waals surface area contributed by atoms with Gasteiger partial charge in [-0.05, 0) is 37.6 Å². The summed E-state index contributed by atoms with van der Waals surface area (Å²) in [5, 5.41) is 10.9. The number of hydrogen-bond acceptors (Lipinski definition) is 3. The van der Waals surface area contributed by atoms with Crippen molar-refractivity contribution < 1.29 is 0 Å². The number of benzene rings is 1. The smallest absolute Gasteiger partial charge is 0.307 e. The van der Waals surface area contributed by atoms with E-state index in [0.29, 0.717) is 21.6 Å². The Kier molecular flexibility index (Phi) is 3.35. The fourth-order valence-corrected chi connectivity index (χ4v) is 2.71. The highest BCUT2D eigenvalue weighted by Crippen LogP contribution is 2.27. The summed E-state index contributed by atoms with van der Waals surface area (Å²) in [5.74, 6) is 0.645. The minimum absolute atomic E-state index is 0.0639. The number of nitrogens with zero attached hydrogens (tertiary/aromatic N) is 2. The SMILES string of the molecule is O=c1[nH]nc(C2CCCN2)n1-c1cc(Cl)ccc1Cl. The van der Waals surface area contributed by atoms with Crippen LogP contribution in [0.25, 0.3) is 5.69 Å². The average molecular weight is 299 g/mol. The van der Waals surface area contributed by atoms with Gasteiger partial charge < -0.3 is 5.32 Å². The Morgan fingerprint density at radius 2 is 2.21 bits per heavy atom. The lowest BCUT2D eigenvalue weighted by atomic mass is 10.2. The summed E-state index contributed by atoms with van der Waals surface area (Å²) in [7, 11) is 0. The van der Waals surface area contributed by atoms with E-state index in [1.165, 1.54) is 4.57 Å². The van der Waals surface area contributed by atoms with Crippen LogP contribution in [0.5, 0.6) is 0 Å². The van der Waals surface area contributed by atoms with Gasteiger partial charge in [-0.1, -0.05) is 23.2 Å². The second-order valence-electron chi connectivity index (χ2n) is 4.47. The van der Waals surface area contributed by atoms with Crippen LogP contribution in [0.1, 0.15) is 24.7 Å². The molecule has 1 fully saturated rings. The second-order valence-corrected chi connectivity index (χ2v) is 5.31. The maximum Gasteiger partial charge on any atom is 0.348 e. The maximum absolute atomic E-state index is 12.0. The van der Waals surface area contributed by atoms with Gasteiger partial charge in [0.15, 0.2) is 5.82 Å². The third-order valence-corrected chi connectivity index (χ3v) is 3.77. The molecule has 0 aliphatic carbocycles. The molecule has 1 saturated heterocycles. The summed E-state index contributed by atoms with van der Waals surface area (Å²) >= 11 is 12.1. The van der Waals surface area contributed by atoms with Crippen LogP contribution in [-0.4, -0.2) is 21.3 Å². The lowest BCUT2D eigenvalue weighted by molar-refractivity contribution is 0.591. The number of rotatable bonds is 2. The molecule has 2 N–H and O–H groups in total. The Morgan fingerprint density at radius 3 is 2.95 bits per heavy atom. The first-order valence-corrected chi connectivity index (χ1v) is 6.78. The normalized spacial score (nSPS) is 18.9. The lowest BCUT2D eigenvalue weighted by Crippen LogP contribution is -2.22. The topological polar surface area (TPSA) is 62.7 Å². The molecule has 1 atom stereocenters. The lowest BCUT2D eigenvalue weighted by Gasteiger charge is -2.12. The molecule has 2 heterocycles. The predicted octanol–water partition coefficient (Wildman–Crippen LogP) is 2.29. The number of H-pyrrole nitrogens is 1. The van der Waals surface area contributed by atoms with E-state index in [-0.39, 0.29) is 11.7 Å². The highest BCUT2D eigenvalue weighted by atomic mass is 35.5. The molecule has 7 heteroatoms. The van der Waals surface area contributed by atoms with Gasteiger partial charge in [0.25, 0.3) is 0 Å². The molecule has 1 aliphatic rings. The van der Waals surface area contributed by atoms with Gasteiger partial charge >= 0.3 is 5.69 Å². The minimum Gasteiger partial charge on any atom is -0.307 e. The van der Waals surface area contributed by atoms with Gasteiger partial charge in [-0.15, -0.1) is 0 Å². The minimum atomic E-state index is -0.312. The first kappa shape index (κ1) is 12.7. The Morgan fingerprint density at radius 1 is 1.37 bits per heavy atom. The Labute approximate surface area is 119 Å². The third kappa shape index (κ3) is 2.29. The molecule has 100 valence electrons. The van der Waals surface area contributed by atoms with Gasteiger partial charge in [0, 0.05) is 5.02 Å². The van der Waals surface area contributed by atoms with Gasteiger partial charge in [0.1, 0.15) is 0 Å². The second kappa shape index (κ2) is 5.00. The van der Waals surface area contributed by atoms with Gasteiger partial charge in [-0.25, -0.2) is 14.5 Å². The van der Waals surface area contributed by atoms with E-state index in [0.717, 1.165) is 19.4 Å². The van der Waals surface area contributed by atoms with Crippen molar-refractivity contribution in [2.24, 2.45) is 0 Å². The zero-order valence-electron chi connectivity index (χ0n) is 9.99. The van der Waals surface area contributed by atoms with E-state index < -0.39 is 0 Å². The van der Waals surface area contributed by atoms with Crippen LogP contribution in [-0.2, 0) is 0 Å². The number of halogens is 2. The van der Waals surface area contributed by atoms with Crippen molar-refractivity contribution in [2.45, 2.75) is 18.9 Å².